The van der Waals surface area contributed by atoms with E-state index in [1.807, 2.05) is 0 Å². The molecule has 12 heteroatoms. The summed E-state index contributed by atoms with van der Waals surface area (Å²) in [6.45, 7) is 2.16. The Balaban J connectivity index is 0.00000420. The van der Waals surface area contributed by atoms with E-state index in [1.54, 1.807) is 26.1 Å². The first-order valence-electron chi connectivity index (χ1n) is 8.80. The molecule has 2 rings (SSSR count). The average molecular weight is 552 g/mol. The molecule has 1 aromatic carbocycles. The zero-order valence-corrected chi connectivity index (χ0v) is 19.2. The van der Waals surface area contributed by atoms with Crippen LogP contribution in [0.1, 0.15) is 24.0 Å². The third-order valence-electron chi connectivity index (χ3n) is 4.68. The van der Waals surface area contributed by atoms with Crippen LogP contribution in [0.15, 0.2) is 23.2 Å². The molecule has 166 valence electrons. The van der Waals surface area contributed by atoms with E-state index in [1.165, 1.54) is 6.07 Å². The van der Waals surface area contributed by atoms with Crippen LogP contribution >= 0.6 is 24.0 Å². The zero-order valence-electron chi connectivity index (χ0n) is 16.1. The minimum atomic E-state index is -5.26. The van der Waals surface area contributed by atoms with Gasteiger partial charge < -0.3 is 10.6 Å². The molecule has 0 saturated carbocycles. The van der Waals surface area contributed by atoms with Gasteiger partial charge in [-0.2, -0.15) is 17.5 Å². The van der Waals surface area contributed by atoms with E-state index < -0.39 is 15.5 Å². The van der Waals surface area contributed by atoms with E-state index >= 15 is 0 Å². The first-order valence-corrected chi connectivity index (χ1v) is 10.2. The second-order valence-corrected chi connectivity index (χ2v) is 8.61. The van der Waals surface area contributed by atoms with Crippen molar-refractivity contribution in [3.63, 3.8) is 0 Å². The third kappa shape index (κ3) is 6.95. The highest BCUT2D eigenvalue weighted by molar-refractivity contribution is 14.0. The molecule has 1 aliphatic heterocycles. The Bertz CT molecular complexity index is 810. The van der Waals surface area contributed by atoms with Crippen molar-refractivity contribution in [3.05, 3.63) is 35.1 Å². The molecule has 6 nitrogen and oxygen atoms in total. The molecule has 0 aromatic heterocycles. The topological polar surface area (TPSA) is 73.8 Å². The molecule has 1 fully saturated rings. The molecule has 1 aliphatic rings. The Morgan fingerprint density at radius 1 is 1.24 bits per heavy atom. The Labute approximate surface area is 185 Å². The number of alkyl halides is 3. The Hall–Kier alpha value is -1.15. The summed E-state index contributed by atoms with van der Waals surface area (Å²) in [5, 5.41) is 6.12. The molecule has 0 spiro atoms. The maximum absolute atomic E-state index is 13.6. The molecular formula is C17H25F4IN4O2S. The van der Waals surface area contributed by atoms with Crippen molar-refractivity contribution in [2.24, 2.45) is 10.9 Å². The van der Waals surface area contributed by atoms with Gasteiger partial charge in [0.1, 0.15) is 5.82 Å². The summed E-state index contributed by atoms with van der Waals surface area (Å²) in [5.41, 5.74) is -3.96. The van der Waals surface area contributed by atoms with Crippen LogP contribution in [-0.2, 0) is 16.6 Å². The molecule has 1 aromatic rings. The van der Waals surface area contributed by atoms with Crippen LogP contribution in [0.4, 0.5) is 17.6 Å². The lowest BCUT2D eigenvalue weighted by atomic mass is 9.98. The number of hydrogen-bond acceptors (Lipinski definition) is 3. The Kier molecular flexibility index (Phi) is 9.60. The van der Waals surface area contributed by atoms with Crippen LogP contribution in [0.25, 0.3) is 0 Å². The summed E-state index contributed by atoms with van der Waals surface area (Å²) in [6, 6.07) is 4.92. The van der Waals surface area contributed by atoms with Gasteiger partial charge in [-0.25, -0.2) is 12.8 Å². The first kappa shape index (κ1) is 25.9. The average Bonchev–Trinajstić information content (AvgIpc) is 2.64. The highest BCUT2D eigenvalue weighted by atomic mass is 127. The highest BCUT2D eigenvalue weighted by Gasteiger charge is 2.50. The maximum Gasteiger partial charge on any atom is 0.511 e. The van der Waals surface area contributed by atoms with E-state index in [2.05, 4.69) is 15.6 Å². The molecule has 0 atom stereocenters. The molecule has 1 heterocycles. The van der Waals surface area contributed by atoms with Gasteiger partial charge >= 0.3 is 15.5 Å². The fourth-order valence-electron chi connectivity index (χ4n) is 2.89. The normalized spacial score (nSPS) is 17.0. The van der Waals surface area contributed by atoms with E-state index in [4.69, 9.17) is 0 Å². The summed E-state index contributed by atoms with van der Waals surface area (Å²) in [5.74, 6) is 0.212. The largest absolute Gasteiger partial charge is 0.511 e. The van der Waals surface area contributed by atoms with Gasteiger partial charge in [-0.1, -0.05) is 12.1 Å². The van der Waals surface area contributed by atoms with Crippen LogP contribution in [0.3, 0.4) is 0 Å². The minimum absolute atomic E-state index is 0. The van der Waals surface area contributed by atoms with Crippen LogP contribution in [-0.4, -0.2) is 50.9 Å². The smallest absolute Gasteiger partial charge is 0.356 e. The maximum atomic E-state index is 13.6. The first-order chi connectivity index (χ1) is 13.0. The molecule has 0 bridgehead atoms. The van der Waals surface area contributed by atoms with Crippen LogP contribution in [0.2, 0.25) is 0 Å². The van der Waals surface area contributed by atoms with Crippen molar-refractivity contribution in [2.75, 3.05) is 26.7 Å². The van der Waals surface area contributed by atoms with Gasteiger partial charge in [0.25, 0.3) is 0 Å². The van der Waals surface area contributed by atoms with Crippen molar-refractivity contribution < 1.29 is 26.0 Å². The van der Waals surface area contributed by atoms with Gasteiger partial charge in [0.15, 0.2) is 5.96 Å². The quantitative estimate of drug-likeness (QED) is 0.255. The molecule has 0 radical (unpaired) electrons. The summed E-state index contributed by atoms with van der Waals surface area (Å²) in [4.78, 5) is 4.06. The van der Waals surface area contributed by atoms with Crippen molar-refractivity contribution >= 4 is 40.0 Å². The third-order valence-corrected chi connectivity index (χ3v) is 6.31. The van der Waals surface area contributed by atoms with Crippen molar-refractivity contribution in [1.82, 2.24) is 14.9 Å². The number of sulfonamides is 1. The number of halogens is 5. The number of guanidine groups is 1. The standard InChI is InChI=1S/C17H24F4N4O2S.HI/c1-12-3-4-14(9-15(12)18)11-24-16(22-2)23-10-13-5-7-25(8-6-13)28(26,27)17(19,20)21;/h3-4,9,13H,5-8,10-11H2,1-2H3,(H2,22,23,24);1H. The number of rotatable bonds is 5. The van der Waals surface area contributed by atoms with Gasteiger partial charge in [0.05, 0.1) is 0 Å². The fourth-order valence-corrected chi connectivity index (χ4v) is 3.88. The summed E-state index contributed by atoms with van der Waals surface area (Å²) >= 11 is 0. The van der Waals surface area contributed by atoms with Crippen molar-refractivity contribution in [3.8, 4) is 0 Å². The minimum Gasteiger partial charge on any atom is -0.356 e. The lowest BCUT2D eigenvalue weighted by molar-refractivity contribution is -0.0496. The van der Waals surface area contributed by atoms with Crippen molar-refractivity contribution in [2.45, 2.75) is 31.8 Å². The van der Waals surface area contributed by atoms with Gasteiger partial charge in [0, 0.05) is 33.2 Å². The number of aliphatic imine (C=N–C) groups is 1. The lowest BCUT2D eigenvalue weighted by Gasteiger charge is -2.31. The SMILES string of the molecule is CN=C(NCc1ccc(C)c(F)c1)NCC1CCN(S(=O)(=O)C(F)(F)F)CC1.I. The van der Waals surface area contributed by atoms with E-state index in [0.29, 0.717) is 41.8 Å². The predicted octanol–water partition coefficient (Wildman–Crippen LogP) is 2.98. The molecule has 29 heavy (non-hydrogen) atoms. The highest BCUT2D eigenvalue weighted by Crippen LogP contribution is 2.30. The molecular weight excluding hydrogens is 527 g/mol. The van der Waals surface area contributed by atoms with E-state index in [-0.39, 0.29) is 48.8 Å². The van der Waals surface area contributed by atoms with E-state index in [0.717, 1.165) is 5.56 Å². The molecule has 0 amide bonds. The fraction of sp³-hybridized carbons (Fsp3) is 0.588. The zero-order chi connectivity index (χ0) is 20.9. The number of piperidine rings is 1. The van der Waals surface area contributed by atoms with Crippen molar-refractivity contribution in [1.29, 1.82) is 0 Å². The van der Waals surface area contributed by atoms with Gasteiger partial charge in [-0.15, -0.1) is 24.0 Å². The number of benzene rings is 1. The number of aryl methyl sites for hydroxylation is 1. The second-order valence-electron chi connectivity index (χ2n) is 6.68. The number of nitrogens with one attached hydrogen (secondary N) is 2. The van der Waals surface area contributed by atoms with Gasteiger partial charge in [0.2, 0.25) is 0 Å². The second kappa shape index (κ2) is 10.8. The van der Waals surface area contributed by atoms with Gasteiger partial charge in [-0.3, -0.25) is 4.99 Å². The summed E-state index contributed by atoms with van der Waals surface area (Å²) < 4.78 is 74.7. The Morgan fingerprint density at radius 2 is 1.86 bits per heavy atom. The van der Waals surface area contributed by atoms with E-state index in [9.17, 15) is 26.0 Å². The van der Waals surface area contributed by atoms with Crippen LogP contribution in [0.5, 0.6) is 0 Å². The van der Waals surface area contributed by atoms with Crippen LogP contribution < -0.4 is 10.6 Å². The molecule has 1 saturated heterocycles. The molecule has 0 aliphatic carbocycles. The Morgan fingerprint density at radius 3 is 2.38 bits per heavy atom. The number of hydrogen-bond donors (Lipinski definition) is 2. The lowest BCUT2D eigenvalue weighted by Crippen LogP contribution is -2.47. The predicted molar refractivity (Wildman–Crippen MR) is 114 cm³/mol. The monoisotopic (exact) mass is 552 g/mol. The summed E-state index contributed by atoms with van der Waals surface area (Å²) in [7, 11) is -3.69. The summed E-state index contributed by atoms with van der Waals surface area (Å²) in [6.07, 6.45) is 0.644. The van der Waals surface area contributed by atoms with Gasteiger partial charge in [-0.05, 0) is 42.9 Å². The molecule has 2 N–H and O–H groups in total. The van der Waals surface area contributed by atoms with Crippen LogP contribution in [0, 0.1) is 18.7 Å². The molecule has 0 unspecified atom stereocenters. The number of nitrogens with zero attached hydrogens (tertiary/aromatic N) is 2.